The topological polar surface area (TPSA) is 487 Å². The van der Waals surface area contributed by atoms with Crippen LogP contribution >= 0.6 is 0 Å². The average Bonchev–Trinajstić information content (AvgIpc) is 0.808. The van der Waals surface area contributed by atoms with Crippen LogP contribution < -0.4 is 22.9 Å². The molecule has 0 spiro atoms. The smallest absolute Gasteiger partial charge is 0.446 e. The lowest BCUT2D eigenvalue weighted by Crippen LogP contribution is -2.53. The van der Waals surface area contributed by atoms with E-state index in [9.17, 15) is 75.8 Å². The number of carboxylic acids is 4. The van der Waals surface area contributed by atoms with Gasteiger partial charge in [-0.1, -0.05) is 51.0 Å². The van der Waals surface area contributed by atoms with Crippen LogP contribution in [0.15, 0.2) is 24.3 Å². The van der Waals surface area contributed by atoms with E-state index in [1.54, 1.807) is 125 Å². The van der Waals surface area contributed by atoms with Gasteiger partial charge >= 0.3 is 78.3 Å². The Morgan fingerprint density at radius 3 is 0.847 bits per heavy atom. The molecule has 2 aromatic carbocycles. The number of hydrogen-bond acceptors (Lipinski definition) is 25. The Morgan fingerprint density at radius 1 is 0.315 bits per heavy atom. The molecule has 0 aliphatic rings. The molecular weight excluding hydrogens is 1630 g/mol. The van der Waals surface area contributed by atoms with Gasteiger partial charge in [0.05, 0.1) is 11.8 Å². The summed E-state index contributed by atoms with van der Waals surface area (Å²) in [5.74, 6) is -7.65. The lowest BCUT2D eigenvalue weighted by Gasteiger charge is -2.34. The van der Waals surface area contributed by atoms with Crippen LogP contribution in [0.5, 0.6) is 0 Å². The molecule has 12 N–H and O–H groups in total. The Labute approximate surface area is 731 Å². The molecule has 0 heterocycles. The molecule has 0 fully saturated rings. The maximum Gasteiger partial charge on any atom is 0.446 e. The van der Waals surface area contributed by atoms with Crippen molar-refractivity contribution in [3.05, 3.63) is 68.8 Å². The fourth-order valence-electron chi connectivity index (χ4n) is 12.2. The zero-order valence-corrected chi connectivity index (χ0v) is 78.3. The maximum atomic E-state index is 14.6. The van der Waals surface area contributed by atoms with Gasteiger partial charge in [-0.05, 0) is 339 Å². The number of carbonyl (C=O) groups is 13. The number of ether oxygens (including phenoxy) is 8. The molecule has 0 aromatic heterocycles. The first kappa shape index (κ1) is 115. The molecule has 34 heteroatoms. The van der Waals surface area contributed by atoms with Crippen molar-refractivity contribution in [1.82, 2.24) is 9.80 Å². The van der Waals surface area contributed by atoms with Crippen LogP contribution in [0.4, 0.5) is 32.3 Å². The number of benzene rings is 2. The zero-order valence-electron chi connectivity index (χ0n) is 78.3. The van der Waals surface area contributed by atoms with Gasteiger partial charge in [0, 0.05) is 0 Å². The minimum absolute atomic E-state index is 0.0664. The molecule has 2 rings (SSSR count). The van der Waals surface area contributed by atoms with Crippen molar-refractivity contribution >= 4 is 78.4 Å². The van der Waals surface area contributed by atoms with Crippen LogP contribution in [0.3, 0.4) is 0 Å². The van der Waals surface area contributed by atoms with E-state index in [2.05, 4.69) is 6.07 Å². The predicted molar refractivity (Wildman–Crippen MR) is 460 cm³/mol. The van der Waals surface area contributed by atoms with Crippen molar-refractivity contribution < 1.29 is 134 Å². The van der Waals surface area contributed by atoms with Crippen LogP contribution in [0.25, 0.3) is 0 Å². The van der Waals surface area contributed by atoms with Crippen molar-refractivity contribution in [2.75, 3.05) is 0 Å². The summed E-state index contributed by atoms with van der Waals surface area (Å²) in [6, 6.07) is 0.784. The number of amides is 4. The van der Waals surface area contributed by atoms with Crippen molar-refractivity contribution in [1.29, 1.82) is 0 Å². The summed E-state index contributed by atoms with van der Waals surface area (Å²) < 4.78 is 77.4. The number of imide groups is 2. The molecule has 708 valence electrons. The molecule has 31 nitrogen and oxygen atoms in total. The number of esters is 4. The van der Waals surface area contributed by atoms with Gasteiger partial charge in [0.2, 0.25) is 6.29 Å². The largest absolute Gasteiger partial charge is 0.480 e. The summed E-state index contributed by atoms with van der Waals surface area (Å²) in [6.45, 7) is 44.2. The van der Waals surface area contributed by atoms with Gasteiger partial charge in [0.25, 0.3) is 0 Å². The first-order valence-corrected chi connectivity index (χ1v) is 42.3. The molecule has 124 heavy (non-hydrogen) atoms. The first-order chi connectivity index (χ1) is 56.2. The maximum absolute atomic E-state index is 14.6. The van der Waals surface area contributed by atoms with Crippen molar-refractivity contribution in [3.63, 3.8) is 0 Å². The SMILES string of the molecule is C[C@@H](CCCCc1[13cH]c(CC[C@H](C)C(=O)OC(C)(C)C)[13cH]c(CC[C@@H](C(=O)OC(C)(C)C)N(C(=O)OC(C)(C)C)C(=O)OC(C)(C)C)[13c]1CCC[C@@H](C(=O)OC(C)(C)C)N(C(=O)OC(C)(C)C)C(=O)OC(C)(C)C)C(=O)OC(C)(C)C.N[C@@H](CCCCc1[13cH]c(CC[C@H](N)C(=O)O)[13cH]c(CC[C@H](N)C(=O)O)[13c]1CCC[C@H](N)C(=O)O)C(=O)O.O=CC(F)(F)F. The number of rotatable bonds is 40. The van der Waals surface area contributed by atoms with Gasteiger partial charge in [-0.3, -0.25) is 33.6 Å². The Hall–Kier alpha value is -9.02. The Kier molecular flexibility index (Phi) is 46.7. The van der Waals surface area contributed by atoms with Gasteiger partial charge in [-0.2, -0.15) is 23.0 Å². The summed E-state index contributed by atoms with van der Waals surface area (Å²) >= 11 is 0. The van der Waals surface area contributed by atoms with E-state index in [0.29, 0.717) is 105 Å². The molecule has 0 unspecified atom stereocenters. The third kappa shape index (κ3) is 50.2. The average molecular weight is 1780 g/mol. The van der Waals surface area contributed by atoms with E-state index < -0.39 is 160 Å². The number of aldehydes is 1. The van der Waals surface area contributed by atoms with E-state index >= 15 is 0 Å². The molecule has 0 saturated carbocycles. The monoisotopic (exact) mass is 1780 g/mol. The molecule has 0 radical (unpaired) electrons. The summed E-state index contributed by atoms with van der Waals surface area (Å²) in [5, 5.41) is 36.4. The standard InChI is InChI=1S/C63H106N2O16.C25H40N4O8.C2HF3O/c1-40(48(66)74-56(3,4)5)30-27-28-31-43-38-42(35-34-41(2)49(67)75-57(6,7)8)39-44(36-37-47(51(69)77-59(12,13)14)65(54(72)80-62(21,22)23)55(73)81-63(24,25)26)45(43)32-29-33-46(50(68)76-58(9,10)11)64(52(70)78-60(15,16)17)53(71)79-61(18,19)20;26-18(22(30)31)6-2-1-4-15-12-14(8-10-20(28)24(34)35)13-16(9-11-21(29)25(36)37)17(15)5-3-7-19(27)23(32)33;3-2(4,5)1-6/h38-41,46-47H,27-37H2,1-26H3;12-13,18-21H,1-11,26-29H2,(H,30,31)(H,32,33)(H,34,35)(H,36,37);1H/t40-,41-,46-,47-;18-,19-,20-,21-;/m00./s1/i38+1,39+1,45+1;12+1,13+1,17+1;. The molecular formula is C90H147F3N6O25. The van der Waals surface area contributed by atoms with Crippen LogP contribution in [-0.4, -0.2) is 196 Å². The van der Waals surface area contributed by atoms with Gasteiger partial charge in [-0.25, -0.2) is 28.8 Å². The lowest BCUT2D eigenvalue weighted by atomic mass is 10.00. The van der Waals surface area contributed by atoms with Crippen LogP contribution in [-0.2, 0) is 132 Å². The number of carboxylic acid groups (broad SMARTS) is 4. The van der Waals surface area contributed by atoms with Gasteiger partial charge < -0.3 is 81.3 Å². The number of aliphatic carboxylic acids is 4. The lowest BCUT2D eigenvalue weighted by molar-refractivity contribution is -0.162. The summed E-state index contributed by atoms with van der Waals surface area (Å²) in [5.41, 5.74) is 21.7. The van der Waals surface area contributed by atoms with Crippen molar-refractivity contribution in [3.8, 4) is 0 Å². The van der Waals surface area contributed by atoms with Crippen LogP contribution in [0.1, 0.15) is 314 Å². The first-order valence-electron chi connectivity index (χ1n) is 42.3. The fourth-order valence-corrected chi connectivity index (χ4v) is 12.2. The van der Waals surface area contributed by atoms with Crippen LogP contribution in [0.2, 0.25) is 0 Å². The minimum Gasteiger partial charge on any atom is -0.480 e. The fraction of sp³-hybridized carbons (Fsp3) is 0.722. The molecule has 0 bridgehead atoms. The zero-order chi connectivity index (χ0) is 96.6. The molecule has 4 amide bonds. The van der Waals surface area contributed by atoms with Gasteiger partial charge in [0.15, 0.2) is 0 Å². The number of nitrogens with two attached hydrogens (primary N) is 4. The number of hydrogen-bond donors (Lipinski definition) is 8. The van der Waals surface area contributed by atoms with Crippen molar-refractivity contribution in [2.45, 2.75) is 409 Å². The third-order valence-corrected chi connectivity index (χ3v) is 17.8. The Bertz CT molecular complexity index is 3790. The van der Waals surface area contributed by atoms with Gasteiger partial charge in [0.1, 0.15) is 81.1 Å². The summed E-state index contributed by atoms with van der Waals surface area (Å²) in [7, 11) is 0. The number of carbonyl (C=O) groups excluding carboxylic acids is 9. The highest BCUT2D eigenvalue weighted by Gasteiger charge is 2.45. The quantitative estimate of drug-likeness (QED) is 0.0133. The highest BCUT2D eigenvalue weighted by molar-refractivity contribution is 5.95. The number of unbranched alkanes of at least 4 members (excludes halogenated alkanes) is 2. The second-order valence-corrected chi connectivity index (χ2v) is 39.3. The molecule has 8 atom stereocenters. The Morgan fingerprint density at radius 2 is 0.548 bits per heavy atom. The Balaban J connectivity index is 0.00000289. The molecule has 0 aliphatic heterocycles. The van der Waals surface area contributed by atoms with E-state index in [4.69, 9.17) is 80.9 Å². The third-order valence-electron chi connectivity index (χ3n) is 17.8. The van der Waals surface area contributed by atoms with Crippen LogP contribution in [0, 0.1) is 11.8 Å². The van der Waals surface area contributed by atoms with Crippen molar-refractivity contribution in [2.24, 2.45) is 34.8 Å². The second-order valence-electron chi connectivity index (χ2n) is 39.3. The minimum atomic E-state index is -4.64. The van der Waals surface area contributed by atoms with E-state index in [0.717, 1.165) is 38.9 Å². The van der Waals surface area contributed by atoms with E-state index in [-0.39, 0.29) is 69.2 Å². The molecule has 2 aromatic rings. The number of nitrogens with zero attached hydrogens (tertiary/aromatic N) is 2. The molecule has 0 aliphatic carbocycles. The summed E-state index contributed by atoms with van der Waals surface area (Å²) in [4.78, 5) is 167. The van der Waals surface area contributed by atoms with E-state index in [1.165, 1.54) is 0 Å². The number of aryl methyl sites for hydroxylation is 6. The highest BCUT2D eigenvalue weighted by Crippen LogP contribution is 2.33. The second kappa shape index (κ2) is 50.4. The van der Waals surface area contributed by atoms with E-state index in [1.807, 2.05) is 73.6 Å². The number of halogens is 3. The summed E-state index contributed by atoms with van der Waals surface area (Å²) in [6.07, 6.45) is -2.29. The van der Waals surface area contributed by atoms with Gasteiger partial charge in [-0.15, -0.1) is 0 Å². The molecule has 0 saturated heterocycles. The highest BCUT2D eigenvalue weighted by atomic mass is 19.4. The predicted octanol–water partition coefficient (Wildman–Crippen LogP) is 15.3. The number of alkyl halides is 3. The normalized spacial score (nSPS) is 14.2.